The van der Waals surface area contributed by atoms with E-state index >= 15 is 0 Å². The molecule has 0 unspecified atom stereocenters. The predicted octanol–water partition coefficient (Wildman–Crippen LogP) is 0.753. The van der Waals surface area contributed by atoms with Crippen molar-refractivity contribution in [2.75, 3.05) is 6.61 Å². The monoisotopic (exact) mass is 291 g/mol. The van der Waals surface area contributed by atoms with Gasteiger partial charge >= 0.3 is 0 Å². The van der Waals surface area contributed by atoms with E-state index < -0.39 is 5.66 Å². The van der Waals surface area contributed by atoms with E-state index in [-0.39, 0.29) is 28.9 Å². The van der Waals surface area contributed by atoms with Crippen LogP contribution in [-0.4, -0.2) is 29.3 Å². The number of rotatable bonds is 3. The van der Waals surface area contributed by atoms with Crippen molar-refractivity contribution >= 4 is 28.9 Å². The van der Waals surface area contributed by atoms with Gasteiger partial charge in [0, 0.05) is 0 Å². The van der Waals surface area contributed by atoms with Gasteiger partial charge in [-0.25, -0.2) is 4.99 Å². The van der Waals surface area contributed by atoms with Gasteiger partial charge in [0.25, 0.3) is 0 Å². The Morgan fingerprint density at radius 1 is 1.44 bits per heavy atom. The van der Waals surface area contributed by atoms with Gasteiger partial charge in [0.1, 0.15) is 0 Å². The number of halogens is 1. The molecule has 0 atom stereocenters. The predicted molar refractivity (Wildman–Crippen MR) is 70.3 cm³/mol. The summed E-state index contributed by atoms with van der Waals surface area (Å²) in [6.07, 6.45) is 3.76. The molecule has 1 aliphatic rings. The van der Waals surface area contributed by atoms with Gasteiger partial charge in [0.05, 0.1) is 6.61 Å². The minimum Gasteiger partial charge on any atom is -0.368 e. The van der Waals surface area contributed by atoms with Crippen LogP contribution in [0.15, 0.2) is 22.1 Å². The first-order chi connectivity index (χ1) is 6.97. The number of hydrogen-bond acceptors (Lipinski definition) is 6. The number of guanidine groups is 2. The number of aliphatic imine (C=N–C) groups is 2. The third kappa shape index (κ3) is 3.49. The van der Waals surface area contributed by atoms with E-state index in [0.29, 0.717) is 6.61 Å². The van der Waals surface area contributed by atoms with Crippen LogP contribution in [0.2, 0.25) is 0 Å². The van der Waals surface area contributed by atoms with Gasteiger partial charge in [0.2, 0.25) is 11.9 Å². The number of nitrogens with two attached hydrogens (primary N) is 2. The first kappa shape index (κ1) is 14.9. The van der Waals surface area contributed by atoms with E-state index in [0.717, 1.165) is 0 Å². The molecule has 1 heterocycles. The standard InChI is InChI=1S/C9H17N5O.BrH/c1-4-5-6-15-14-8(11)12-7(10)13-9(14,2)3;/h4-5H,6H2,1-3H3,(H4,10,11,12,13);1H. The summed E-state index contributed by atoms with van der Waals surface area (Å²) in [6.45, 7) is 6.03. The highest BCUT2D eigenvalue weighted by Gasteiger charge is 2.32. The Kier molecular flexibility index (Phi) is 5.46. The number of hydroxylamine groups is 2. The molecule has 0 aromatic heterocycles. The molecule has 0 aromatic carbocycles. The molecular weight excluding hydrogens is 274 g/mol. The zero-order valence-corrected chi connectivity index (χ0v) is 11.4. The average molecular weight is 292 g/mol. The maximum atomic E-state index is 5.69. The first-order valence-corrected chi connectivity index (χ1v) is 4.71. The lowest BCUT2D eigenvalue weighted by Crippen LogP contribution is -2.53. The number of nitrogens with zero attached hydrogens (tertiary/aromatic N) is 3. The summed E-state index contributed by atoms with van der Waals surface area (Å²) in [6, 6.07) is 0. The third-order valence-electron chi connectivity index (χ3n) is 1.86. The molecule has 6 nitrogen and oxygen atoms in total. The Morgan fingerprint density at radius 2 is 2.06 bits per heavy atom. The lowest BCUT2D eigenvalue weighted by molar-refractivity contribution is -0.146. The smallest absolute Gasteiger partial charge is 0.226 e. The van der Waals surface area contributed by atoms with Crippen LogP contribution in [0.25, 0.3) is 0 Å². The maximum absolute atomic E-state index is 5.69. The van der Waals surface area contributed by atoms with Gasteiger partial charge in [-0.05, 0) is 20.8 Å². The normalized spacial score (nSPS) is 19.1. The molecule has 7 heteroatoms. The van der Waals surface area contributed by atoms with E-state index in [1.54, 1.807) is 0 Å². The molecule has 0 aromatic rings. The third-order valence-corrected chi connectivity index (χ3v) is 1.86. The lowest BCUT2D eigenvalue weighted by Gasteiger charge is -2.36. The van der Waals surface area contributed by atoms with Crippen molar-refractivity contribution in [3.05, 3.63) is 12.2 Å². The van der Waals surface area contributed by atoms with Crippen molar-refractivity contribution in [1.29, 1.82) is 0 Å². The zero-order chi connectivity index (χ0) is 11.5. The Labute approximate surface area is 106 Å². The summed E-state index contributed by atoms with van der Waals surface area (Å²) in [5.74, 6) is 0.389. The van der Waals surface area contributed by atoms with Crippen molar-refractivity contribution in [3.63, 3.8) is 0 Å². The molecular formula is C9H18BrN5O. The minimum absolute atomic E-state index is 0. The Morgan fingerprint density at radius 3 is 2.56 bits per heavy atom. The van der Waals surface area contributed by atoms with Gasteiger partial charge in [-0.15, -0.1) is 17.0 Å². The lowest BCUT2D eigenvalue weighted by atomic mass is 10.2. The molecule has 0 fully saturated rings. The van der Waals surface area contributed by atoms with Crippen LogP contribution in [0, 0.1) is 0 Å². The Balaban J connectivity index is 0.00000225. The van der Waals surface area contributed by atoms with Crippen LogP contribution in [0.4, 0.5) is 0 Å². The number of hydrogen-bond donors (Lipinski definition) is 2. The maximum Gasteiger partial charge on any atom is 0.226 e. The molecule has 0 amide bonds. The van der Waals surface area contributed by atoms with E-state index in [2.05, 4.69) is 9.98 Å². The van der Waals surface area contributed by atoms with E-state index in [4.69, 9.17) is 16.3 Å². The van der Waals surface area contributed by atoms with E-state index in [1.807, 2.05) is 32.9 Å². The van der Waals surface area contributed by atoms with Crippen molar-refractivity contribution < 1.29 is 4.84 Å². The van der Waals surface area contributed by atoms with Crippen molar-refractivity contribution in [1.82, 2.24) is 5.06 Å². The topological polar surface area (TPSA) is 89.2 Å². The highest BCUT2D eigenvalue weighted by Crippen LogP contribution is 2.19. The van der Waals surface area contributed by atoms with Crippen LogP contribution in [-0.2, 0) is 4.84 Å². The van der Waals surface area contributed by atoms with Gasteiger partial charge < -0.3 is 11.5 Å². The Hall–Kier alpha value is -1.08. The van der Waals surface area contributed by atoms with Crippen molar-refractivity contribution in [2.24, 2.45) is 21.5 Å². The summed E-state index contributed by atoms with van der Waals surface area (Å²) in [5, 5.41) is 1.45. The molecule has 0 saturated carbocycles. The second-order valence-electron chi connectivity index (χ2n) is 3.59. The molecule has 92 valence electrons. The molecule has 16 heavy (non-hydrogen) atoms. The van der Waals surface area contributed by atoms with Gasteiger partial charge in [-0.2, -0.15) is 10.1 Å². The van der Waals surface area contributed by atoms with Crippen molar-refractivity contribution in [2.45, 2.75) is 26.4 Å². The zero-order valence-electron chi connectivity index (χ0n) is 9.67. The average Bonchev–Trinajstić information content (AvgIpc) is 2.08. The molecule has 1 rings (SSSR count). The molecule has 0 spiro atoms. The summed E-state index contributed by atoms with van der Waals surface area (Å²) in [7, 11) is 0. The van der Waals surface area contributed by atoms with E-state index in [1.165, 1.54) is 5.06 Å². The largest absolute Gasteiger partial charge is 0.368 e. The molecule has 1 aliphatic heterocycles. The number of allylic oxidation sites excluding steroid dienone is 1. The summed E-state index contributed by atoms with van der Waals surface area (Å²) in [4.78, 5) is 13.4. The highest BCUT2D eigenvalue weighted by atomic mass is 79.9. The summed E-state index contributed by atoms with van der Waals surface area (Å²) < 4.78 is 0. The van der Waals surface area contributed by atoms with Crippen LogP contribution in [0.3, 0.4) is 0 Å². The van der Waals surface area contributed by atoms with Crippen LogP contribution >= 0.6 is 17.0 Å². The fourth-order valence-electron chi connectivity index (χ4n) is 1.23. The molecule has 0 bridgehead atoms. The summed E-state index contributed by atoms with van der Waals surface area (Å²) in [5.41, 5.74) is 10.6. The van der Waals surface area contributed by atoms with Gasteiger partial charge in [-0.1, -0.05) is 12.2 Å². The highest BCUT2D eigenvalue weighted by molar-refractivity contribution is 8.93. The van der Waals surface area contributed by atoms with Gasteiger partial charge in [-0.3, -0.25) is 4.84 Å². The van der Waals surface area contributed by atoms with E-state index in [9.17, 15) is 0 Å². The van der Waals surface area contributed by atoms with Gasteiger partial charge in [0.15, 0.2) is 5.66 Å². The van der Waals surface area contributed by atoms with Crippen LogP contribution in [0.5, 0.6) is 0 Å². The van der Waals surface area contributed by atoms with Crippen molar-refractivity contribution in [3.8, 4) is 0 Å². The molecule has 0 saturated heterocycles. The van der Waals surface area contributed by atoms with Crippen LogP contribution in [0.1, 0.15) is 20.8 Å². The van der Waals surface area contributed by atoms with Crippen LogP contribution < -0.4 is 11.5 Å². The summed E-state index contributed by atoms with van der Waals surface area (Å²) >= 11 is 0. The fourth-order valence-corrected chi connectivity index (χ4v) is 1.23. The quantitative estimate of drug-likeness (QED) is 0.751. The Bertz CT molecular complexity index is 324. The minimum atomic E-state index is -0.627. The first-order valence-electron chi connectivity index (χ1n) is 4.71. The fraction of sp³-hybridized carbons (Fsp3) is 0.556. The SMILES string of the molecule is Br.CC=CCON1C(N)=NC(N)=NC1(C)C. The molecule has 4 N–H and O–H groups in total. The second-order valence-corrected chi connectivity index (χ2v) is 3.59. The molecule has 0 radical (unpaired) electrons. The molecule has 0 aliphatic carbocycles. The second kappa shape index (κ2) is 5.86.